The van der Waals surface area contributed by atoms with E-state index in [4.69, 9.17) is 0 Å². The van der Waals surface area contributed by atoms with Crippen LogP contribution in [0.1, 0.15) is 33.6 Å². The smallest absolute Gasteiger partial charge is 0.193 e. The van der Waals surface area contributed by atoms with Crippen molar-refractivity contribution in [3.05, 3.63) is 0 Å². The molecule has 0 bridgehead atoms. The molecule has 0 radical (unpaired) electrons. The van der Waals surface area contributed by atoms with Crippen molar-refractivity contribution >= 4 is 29.9 Å². The Kier molecular flexibility index (Phi) is 12.3. The van der Waals surface area contributed by atoms with Crippen molar-refractivity contribution in [2.75, 3.05) is 59.9 Å². The van der Waals surface area contributed by atoms with Crippen molar-refractivity contribution in [2.45, 2.75) is 39.7 Å². The number of guanidine groups is 1. The third-order valence-corrected chi connectivity index (χ3v) is 4.45. The van der Waals surface area contributed by atoms with Crippen LogP contribution in [0.3, 0.4) is 0 Å². The minimum Gasteiger partial charge on any atom is -0.355 e. The van der Waals surface area contributed by atoms with Crippen LogP contribution in [-0.2, 0) is 0 Å². The maximum absolute atomic E-state index is 4.39. The number of nitrogens with zero attached hydrogens (tertiary/aromatic N) is 4. The first-order valence-corrected chi connectivity index (χ1v) is 8.50. The predicted molar refractivity (Wildman–Crippen MR) is 107 cm³/mol. The Bertz CT molecular complexity index is 303. The van der Waals surface area contributed by atoms with Crippen LogP contribution in [-0.4, -0.2) is 86.6 Å². The van der Waals surface area contributed by atoms with E-state index in [9.17, 15) is 0 Å². The molecule has 1 saturated heterocycles. The van der Waals surface area contributed by atoms with Gasteiger partial charge >= 0.3 is 0 Å². The molecule has 0 aromatic carbocycles. The van der Waals surface area contributed by atoms with Crippen LogP contribution >= 0.6 is 24.0 Å². The van der Waals surface area contributed by atoms with Crippen molar-refractivity contribution in [3.63, 3.8) is 0 Å². The molecule has 0 aliphatic carbocycles. The Morgan fingerprint density at radius 3 is 2.36 bits per heavy atom. The minimum atomic E-state index is 0. The Morgan fingerprint density at radius 1 is 1.23 bits per heavy atom. The Morgan fingerprint density at radius 2 is 1.86 bits per heavy atom. The van der Waals surface area contributed by atoms with E-state index in [0.29, 0.717) is 6.04 Å². The van der Waals surface area contributed by atoms with Gasteiger partial charge in [-0.3, -0.25) is 9.89 Å². The van der Waals surface area contributed by atoms with E-state index >= 15 is 0 Å². The van der Waals surface area contributed by atoms with Gasteiger partial charge in [-0.15, -0.1) is 24.0 Å². The fourth-order valence-electron chi connectivity index (χ4n) is 2.77. The van der Waals surface area contributed by atoms with Gasteiger partial charge in [0.1, 0.15) is 0 Å². The molecule has 1 atom stereocenters. The summed E-state index contributed by atoms with van der Waals surface area (Å²) in [6, 6.07) is 0.556. The molecule has 5 nitrogen and oxygen atoms in total. The molecule has 0 aromatic rings. The molecular weight excluding hydrogens is 389 g/mol. The van der Waals surface area contributed by atoms with Crippen LogP contribution in [0.5, 0.6) is 0 Å². The molecular formula is C16H36IN5. The summed E-state index contributed by atoms with van der Waals surface area (Å²) in [5.74, 6) is 1.02. The molecule has 0 spiro atoms. The fourth-order valence-corrected chi connectivity index (χ4v) is 2.77. The van der Waals surface area contributed by atoms with Crippen molar-refractivity contribution in [1.82, 2.24) is 20.0 Å². The second-order valence-electron chi connectivity index (χ2n) is 6.02. The lowest BCUT2D eigenvalue weighted by molar-refractivity contribution is 0.107. The first-order chi connectivity index (χ1) is 10.1. The second kappa shape index (κ2) is 12.4. The lowest BCUT2D eigenvalue weighted by Crippen LogP contribution is -2.53. The van der Waals surface area contributed by atoms with Gasteiger partial charge in [0.05, 0.1) is 0 Å². The zero-order valence-electron chi connectivity index (χ0n) is 15.1. The lowest BCUT2D eigenvalue weighted by atomic mass is 10.2. The van der Waals surface area contributed by atoms with Crippen molar-refractivity contribution in [1.29, 1.82) is 0 Å². The van der Waals surface area contributed by atoms with Gasteiger partial charge in [-0.05, 0) is 19.9 Å². The number of likely N-dealkylation sites (N-methyl/N-ethyl adjacent to an activating group) is 1. The molecule has 132 valence electrons. The highest BCUT2D eigenvalue weighted by molar-refractivity contribution is 14.0. The molecule has 1 heterocycles. The summed E-state index contributed by atoms with van der Waals surface area (Å²) in [5.41, 5.74) is 0. The highest BCUT2D eigenvalue weighted by atomic mass is 127. The van der Waals surface area contributed by atoms with Gasteiger partial charge < -0.3 is 15.1 Å². The minimum absolute atomic E-state index is 0. The molecule has 1 aliphatic heterocycles. The van der Waals surface area contributed by atoms with E-state index in [1.54, 1.807) is 0 Å². The van der Waals surface area contributed by atoms with Crippen LogP contribution in [0, 0.1) is 0 Å². The molecule has 1 unspecified atom stereocenters. The van der Waals surface area contributed by atoms with Gasteiger partial charge in [0.25, 0.3) is 0 Å². The molecule has 1 fully saturated rings. The van der Waals surface area contributed by atoms with Crippen LogP contribution in [0.2, 0.25) is 0 Å². The van der Waals surface area contributed by atoms with Gasteiger partial charge in [0.2, 0.25) is 0 Å². The summed E-state index contributed by atoms with van der Waals surface area (Å²) < 4.78 is 0. The fraction of sp³-hybridized carbons (Fsp3) is 0.938. The number of halogens is 1. The number of hydrogen-bond donors (Lipinski definition) is 1. The third kappa shape index (κ3) is 7.46. The molecule has 1 N–H and O–H groups in total. The number of aliphatic imine (C=N–C) groups is 1. The van der Waals surface area contributed by atoms with E-state index < -0.39 is 0 Å². The second-order valence-corrected chi connectivity index (χ2v) is 6.02. The van der Waals surface area contributed by atoms with E-state index in [0.717, 1.165) is 19.0 Å². The Hall–Kier alpha value is -0.0800. The Labute approximate surface area is 154 Å². The summed E-state index contributed by atoms with van der Waals surface area (Å²) in [7, 11) is 3.99. The summed E-state index contributed by atoms with van der Waals surface area (Å²) >= 11 is 0. The molecule has 1 rings (SSSR count). The van der Waals surface area contributed by atoms with E-state index in [-0.39, 0.29) is 24.0 Å². The standard InChI is InChI=1S/C16H35N5.HI/c1-6-8-9-19(5)16(17-4)18-14-15(3)21-12-10-20(7-2)11-13-21;/h15H,6-14H2,1-5H3,(H,17,18);1H. The van der Waals surface area contributed by atoms with E-state index in [2.05, 4.69) is 52.8 Å². The largest absolute Gasteiger partial charge is 0.355 e. The molecule has 6 heteroatoms. The summed E-state index contributed by atoms with van der Waals surface area (Å²) in [5, 5.41) is 3.52. The molecule has 0 saturated carbocycles. The quantitative estimate of drug-likeness (QED) is 0.384. The average Bonchev–Trinajstić information content (AvgIpc) is 2.53. The number of nitrogens with one attached hydrogen (secondary N) is 1. The summed E-state index contributed by atoms with van der Waals surface area (Å²) in [6.45, 7) is 14.8. The zero-order chi connectivity index (χ0) is 15.7. The summed E-state index contributed by atoms with van der Waals surface area (Å²) in [6.07, 6.45) is 2.44. The topological polar surface area (TPSA) is 34.1 Å². The maximum atomic E-state index is 4.39. The van der Waals surface area contributed by atoms with Gasteiger partial charge in [-0.2, -0.15) is 0 Å². The first kappa shape index (κ1) is 21.9. The van der Waals surface area contributed by atoms with Gasteiger partial charge in [-0.25, -0.2) is 0 Å². The molecule has 0 aromatic heterocycles. The van der Waals surface area contributed by atoms with Crippen LogP contribution in [0.25, 0.3) is 0 Å². The SMILES string of the molecule is CCCCN(C)C(=NC)NCC(C)N1CCN(CC)CC1.I. The van der Waals surface area contributed by atoms with Crippen molar-refractivity contribution in [2.24, 2.45) is 4.99 Å². The highest BCUT2D eigenvalue weighted by Crippen LogP contribution is 2.05. The predicted octanol–water partition coefficient (Wildman–Crippen LogP) is 1.94. The van der Waals surface area contributed by atoms with Gasteiger partial charge in [0, 0.05) is 59.4 Å². The first-order valence-electron chi connectivity index (χ1n) is 8.50. The maximum Gasteiger partial charge on any atom is 0.193 e. The Balaban J connectivity index is 0.00000441. The van der Waals surface area contributed by atoms with Crippen molar-refractivity contribution < 1.29 is 0 Å². The summed E-state index contributed by atoms with van der Waals surface area (Å²) in [4.78, 5) is 11.7. The van der Waals surface area contributed by atoms with E-state index in [1.165, 1.54) is 45.6 Å². The van der Waals surface area contributed by atoms with Crippen LogP contribution in [0.4, 0.5) is 0 Å². The van der Waals surface area contributed by atoms with Crippen LogP contribution in [0.15, 0.2) is 4.99 Å². The number of rotatable bonds is 7. The number of hydrogen-bond acceptors (Lipinski definition) is 3. The normalized spacial score (nSPS) is 18.7. The highest BCUT2D eigenvalue weighted by Gasteiger charge is 2.20. The average molecular weight is 425 g/mol. The van der Waals surface area contributed by atoms with E-state index in [1.807, 2.05) is 7.05 Å². The molecule has 22 heavy (non-hydrogen) atoms. The third-order valence-electron chi connectivity index (χ3n) is 4.45. The zero-order valence-corrected chi connectivity index (χ0v) is 17.5. The number of piperazine rings is 1. The molecule has 0 amide bonds. The number of unbranched alkanes of at least 4 members (excludes halogenated alkanes) is 1. The molecule has 1 aliphatic rings. The van der Waals surface area contributed by atoms with Gasteiger partial charge in [-0.1, -0.05) is 20.3 Å². The lowest BCUT2D eigenvalue weighted by Gasteiger charge is -2.38. The van der Waals surface area contributed by atoms with Gasteiger partial charge in [0.15, 0.2) is 5.96 Å². The monoisotopic (exact) mass is 425 g/mol. The van der Waals surface area contributed by atoms with Crippen molar-refractivity contribution in [3.8, 4) is 0 Å². The van der Waals surface area contributed by atoms with Crippen LogP contribution < -0.4 is 5.32 Å².